The standard InChI is InChI=1S/C26H42BF5N/c1-33(2)20-18-16-14-12-10-8-6-4-3-5-7-9-11-13-15-17-19-27-21-22(28)24(30)26(32)25(31)23(21)29/h3-20H2,1-2H3. The first-order valence-electron chi connectivity index (χ1n) is 12.9. The highest BCUT2D eigenvalue weighted by Gasteiger charge is 2.25. The first-order chi connectivity index (χ1) is 15.9. The summed E-state index contributed by atoms with van der Waals surface area (Å²) >= 11 is 0. The molecule has 0 aliphatic rings. The van der Waals surface area contributed by atoms with Gasteiger partial charge in [-0.05, 0) is 32.5 Å². The van der Waals surface area contributed by atoms with E-state index in [0.29, 0.717) is 12.7 Å². The van der Waals surface area contributed by atoms with Gasteiger partial charge >= 0.3 is 0 Å². The molecular weight excluding hydrogens is 432 g/mol. The van der Waals surface area contributed by atoms with Gasteiger partial charge in [0.1, 0.15) is 0 Å². The van der Waals surface area contributed by atoms with Crippen LogP contribution in [-0.2, 0) is 0 Å². The van der Waals surface area contributed by atoms with Gasteiger partial charge in [-0.15, -0.1) is 0 Å². The maximum Gasteiger partial charge on any atom is 0.200 e. The minimum absolute atomic E-state index is 0.300. The molecule has 1 radical (unpaired) electrons. The monoisotopic (exact) mass is 474 g/mol. The number of rotatable bonds is 20. The van der Waals surface area contributed by atoms with E-state index in [0.717, 1.165) is 26.5 Å². The lowest BCUT2D eigenvalue weighted by atomic mass is 9.65. The summed E-state index contributed by atoms with van der Waals surface area (Å²) < 4.78 is 66.6. The second-order valence-corrected chi connectivity index (χ2v) is 9.44. The molecule has 0 saturated heterocycles. The summed E-state index contributed by atoms with van der Waals surface area (Å²) in [5, 5.41) is 0. The Bertz CT molecular complexity index is 625. The molecule has 0 heterocycles. The summed E-state index contributed by atoms with van der Waals surface area (Å²) in [6.07, 6.45) is 19.8. The minimum atomic E-state index is -2.11. The molecule has 0 spiro atoms. The molecule has 1 aromatic rings. The molecule has 0 bridgehead atoms. The van der Waals surface area contributed by atoms with E-state index in [4.69, 9.17) is 0 Å². The van der Waals surface area contributed by atoms with E-state index in [-0.39, 0.29) is 0 Å². The van der Waals surface area contributed by atoms with Crippen molar-refractivity contribution in [1.82, 2.24) is 4.90 Å². The Morgan fingerprint density at radius 1 is 0.455 bits per heavy atom. The summed E-state index contributed by atoms with van der Waals surface area (Å²) in [5.74, 6) is -9.37. The Balaban J connectivity index is 1.89. The molecule has 1 rings (SSSR count). The number of hydrogen-bond donors (Lipinski definition) is 0. The maximum absolute atomic E-state index is 13.6. The zero-order valence-corrected chi connectivity index (χ0v) is 20.6. The molecule has 0 fully saturated rings. The number of hydrogen-bond acceptors (Lipinski definition) is 1. The van der Waals surface area contributed by atoms with Gasteiger partial charge in [0.05, 0.1) is 0 Å². The normalized spacial score (nSPS) is 11.5. The highest BCUT2D eigenvalue weighted by molar-refractivity contribution is 6.53. The van der Waals surface area contributed by atoms with Crippen LogP contribution in [0.3, 0.4) is 0 Å². The van der Waals surface area contributed by atoms with Crippen molar-refractivity contribution in [2.45, 2.75) is 109 Å². The number of benzene rings is 1. The molecule has 1 nitrogen and oxygen atoms in total. The van der Waals surface area contributed by atoms with Crippen LogP contribution in [0.15, 0.2) is 0 Å². The second-order valence-electron chi connectivity index (χ2n) is 9.44. The van der Waals surface area contributed by atoms with Crippen LogP contribution in [0.1, 0.15) is 103 Å². The van der Waals surface area contributed by atoms with E-state index in [1.165, 1.54) is 83.6 Å². The van der Waals surface area contributed by atoms with Crippen LogP contribution in [0.4, 0.5) is 22.0 Å². The second kappa shape index (κ2) is 18.3. The van der Waals surface area contributed by atoms with Gasteiger partial charge in [-0.1, -0.05) is 103 Å². The Morgan fingerprint density at radius 3 is 1.12 bits per heavy atom. The molecule has 0 atom stereocenters. The number of unbranched alkanes of at least 4 members (excludes halogenated alkanes) is 15. The van der Waals surface area contributed by atoms with E-state index >= 15 is 0 Å². The molecule has 0 aliphatic heterocycles. The zero-order chi connectivity index (χ0) is 24.5. The summed E-state index contributed by atoms with van der Waals surface area (Å²) in [7, 11) is 5.37. The largest absolute Gasteiger partial charge is 0.309 e. The average Bonchev–Trinajstić information content (AvgIpc) is 2.79. The molecular formula is C26H42BF5N. The Morgan fingerprint density at radius 2 is 0.758 bits per heavy atom. The summed E-state index contributed by atoms with van der Waals surface area (Å²) in [6.45, 7) is 1.20. The minimum Gasteiger partial charge on any atom is -0.309 e. The highest BCUT2D eigenvalue weighted by Crippen LogP contribution is 2.17. The Kier molecular flexibility index (Phi) is 16.6. The SMILES string of the molecule is CN(C)CCCCCCCCCCCCCCCCCC[B]c1c(F)c(F)c(F)c(F)c1F. The van der Waals surface area contributed by atoms with Crippen molar-refractivity contribution in [1.29, 1.82) is 0 Å². The number of halogens is 5. The van der Waals surface area contributed by atoms with Gasteiger partial charge in [0.25, 0.3) is 0 Å². The molecule has 1 aromatic carbocycles. The topological polar surface area (TPSA) is 3.24 Å². The molecule has 0 unspecified atom stereocenters. The third kappa shape index (κ3) is 12.8. The molecule has 7 heteroatoms. The molecule has 0 aromatic heterocycles. The van der Waals surface area contributed by atoms with E-state index in [9.17, 15) is 22.0 Å². The first kappa shape index (κ1) is 29.9. The lowest BCUT2D eigenvalue weighted by Crippen LogP contribution is -2.27. The Hall–Kier alpha value is -1.11. The average molecular weight is 474 g/mol. The van der Waals surface area contributed by atoms with Crippen molar-refractivity contribution in [3.05, 3.63) is 29.1 Å². The fourth-order valence-electron chi connectivity index (χ4n) is 4.09. The van der Waals surface area contributed by atoms with Gasteiger partial charge in [-0.2, -0.15) is 0 Å². The quantitative estimate of drug-likeness (QED) is 0.0610. The van der Waals surface area contributed by atoms with Crippen molar-refractivity contribution >= 4 is 12.7 Å². The maximum atomic E-state index is 13.6. The van der Waals surface area contributed by atoms with E-state index in [2.05, 4.69) is 19.0 Å². The van der Waals surface area contributed by atoms with E-state index in [1.54, 1.807) is 0 Å². The third-order valence-electron chi connectivity index (χ3n) is 6.15. The van der Waals surface area contributed by atoms with Crippen LogP contribution in [0.25, 0.3) is 0 Å². The summed E-state index contributed by atoms with van der Waals surface area (Å²) in [4.78, 5) is 2.25. The zero-order valence-electron chi connectivity index (χ0n) is 20.6. The number of nitrogens with zero attached hydrogens (tertiary/aromatic N) is 1. The van der Waals surface area contributed by atoms with Crippen molar-refractivity contribution in [3.8, 4) is 0 Å². The smallest absolute Gasteiger partial charge is 0.200 e. The highest BCUT2D eigenvalue weighted by atomic mass is 19.2. The van der Waals surface area contributed by atoms with Crippen LogP contribution in [-0.4, -0.2) is 32.8 Å². The summed E-state index contributed by atoms with van der Waals surface area (Å²) in [5.41, 5.74) is -0.814. The Labute approximate surface area is 198 Å². The first-order valence-corrected chi connectivity index (χ1v) is 12.9. The van der Waals surface area contributed by atoms with Gasteiger partial charge in [-0.25, -0.2) is 22.0 Å². The van der Waals surface area contributed by atoms with E-state index < -0.39 is 34.5 Å². The van der Waals surface area contributed by atoms with Crippen LogP contribution in [0, 0.1) is 29.1 Å². The third-order valence-corrected chi connectivity index (χ3v) is 6.15. The van der Waals surface area contributed by atoms with Gasteiger partial charge in [0.15, 0.2) is 36.4 Å². The summed E-state index contributed by atoms with van der Waals surface area (Å²) in [6, 6.07) is 0. The molecule has 189 valence electrons. The van der Waals surface area contributed by atoms with Crippen LogP contribution in [0.5, 0.6) is 0 Å². The van der Waals surface area contributed by atoms with Crippen molar-refractivity contribution in [2.75, 3.05) is 20.6 Å². The lowest BCUT2D eigenvalue weighted by Gasteiger charge is -2.08. The van der Waals surface area contributed by atoms with Gasteiger partial charge < -0.3 is 4.90 Å². The van der Waals surface area contributed by atoms with Crippen LogP contribution in [0.2, 0.25) is 6.32 Å². The fourth-order valence-corrected chi connectivity index (χ4v) is 4.09. The van der Waals surface area contributed by atoms with Crippen molar-refractivity contribution in [3.63, 3.8) is 0 Å². The van der Waals surface area contributed by atoms with Crippen molar-refractivity contribution in [2.24, 2.45) is 0 Å². The van der Waals surface area contributed by atoms with Gasteiger partial charge in [0, 0.05) is 0 Å². The van der Waals surface area contributed by atoms with Gasteiger partial charge in [0.2, 0.25) is 0 Å². The molecule has 33 heavy (non-hydrogen) atoms. The van der Waals surface area contributed by atoms with E-state index in [1.807, 2.05) is 0 Å². The predicted molar refractivity (Wildman–Crippen MR) is 129 cm³/mol. The lowest BCUT2D eigenvalue weighted by molar-refractivity contribution is 0.384. The van der Waals surface area contributed by atoms with Crippen LogP contribution >= 0.6 is 0 Å². The molecule has 0 saturated carbocycles. The molecule has 0 amide bonds. The predicted octanol–water partition coefficient (Wildman–Crippen LogP) is 7.93. The fraction of sp³-hybridized carbons (Fsp3) is 0.769. The molecule has 0 aliphatic carbocycles. The molecule has 0 N–H and O–H groups in total. The van der Waals surface area contributed by atoms with Crippen molar-refractivity contribution < 1.29 is 22.0 Å². The van der Waals surface area contributed by atoms with Gasteiger partial charge in [-0.3, -0.25) is 0 Å². The van der Waals surface area contributed by atoms with Crippen LogP contribution < -0.4 is 5.46 Å².